The van der Waals surface area contributed by atoms with Crippen molar-refractivity contribution in [1.29, 1.82) is 0 Å². The zero-order valence-corrected chi connectivity index (χ0v) is 7.80. The van der Waals surface area contributed by atoms with Gasteiger partial charge in [0.05, 0.1) is 9.26 Å². The summed E-state index contributed by atoms with van der Waals surface area (Å²) in [5.74, 6) is -0.528. The summed E-state index contributed by atoms with van der Waals surface area (Å²) in [6, 6.07) is 1.03. The molecule has 0 aliphatic rings. The highest BCUT2D eigenvalue weighted by Gasteiger charge is 2.12. The van der Waals surface area contributed by atoms with Gasteiger partial charge >= 0.3 is 0 Å². The zero-order chi connectivity index (χ0) is 9.30. The van der Waals surface area contributed by atoms with E-state index in [2.05, 4.69) is 0 Å². The van der Waals surface area contributed by atoms with Gasteiger partial charge in [0.15, 0.2) is 5.75 Å². The molecule has 0 aliphatic carbocycles. The van der Waals surface area contributed by atoms with Crippen LogP contribution in [-0.2, 0) is 0 Å². The Morgan fingerprint density at radius 2 is 2.17 bits per heavy atom. The van der Waals surface area contributed by atoms with Crippen molar-refractivity contribution < 1.29 is 13.9 Å². The highest BCUT2D eigenvalue weighted by molar-refractivity contribution is 14.1. The highest BCUT2D eigenvalue weighted by Crippen LogP contribution is 2.20. The number of aromatic amines is 1. The molecular formula is C6H4F2INO2. The maximum Gasteiger partial charge on any atom is 0.291 e. The van der Waals surface area contributed by atoms with Gasteiger partial charge in [-0.1, -0.05) is 0 Å². The standard InChI is InChI=1S/C6H4F2INO2/c7-5(8)3-1-2(9)4(11)6(12)10-3/h1,5,11H,(H,10,12). The van der Waals surface area contributed by atoms with E-state index < -0.39 is 23.4 Å². The minimum atomic E-state index is -2.73. The van der Waals surface area contributed by atoms with Gasteiger partial charge in [-0.2, -0.15) is 0 Å². The first-order chi connectivity index (χ1) is 5.52. The number of halogens is 3. The molecule has 0 aliphatic heterocycles. The Morgan fingerprint density at radius 1 is 1.58 bits per heavy atom. The molecule has 1 rings (SSSR count). The van der Waals surface area contributed by atoms with Crippen LogP contribution in [0.4, 0.5) is 8.78 Å². The molecule has 3 nitrogen and oxygen atoms in total. The summed E-state index contributed by atoms with van der Waals surface area (Å²) in [6.45, 7) is 0. The van der Waals surface area contributed by atoms with Crippen LogP contribution in [0.5, 0.6) is 5.75 Å². The van der Waals surface area contributed by atoms with Gasteiger partial charge in [0.2, 0.25) is 0 Å². The molecule has 0 saturated carbocycles. The minimum Gasteiger partial charge on any atom is -0.502 e. The van der Waals surface area contributed by atoms with Crippen LogP contribution in [0.25, 0.3) is 0 Å². The number of alkyl halides is 2. The molecule has 0 atom stereocenters. The van der Waals surface area contributed by atoms with Crippen LogP contribution in [0.1, 0.15) is 12.1 Å². The van der Waals surface area contributed by atoms with E-state index in [1.54, 1.807) is 22.6 Å². The maximum atomic E-state index is 12.0. The molecule has 6 heteroatoms. The smallest absolute Gasteiger partial charge is 0.291 e. The minimum absolute atomic E-state index is 0.117. The second-order valence-electron chi connectivity index (χ2n) is 2.05. The van der Waals surface area contributed by atoms with Crippen molar-refractivity contribution in [2.45, 2.75) is 6.43 Å². The molecule has 1 aromatic rings. The summed E-state index contributed by atoms with van der Waals surface area (Å²) in [5, 5.41) is 8.92. The Morgan fingerprint density at radius 3 is 2.58 bits per heavy atom. The molecule has 1 aromatic heterocycles. The highest BCUT2D eigenvalue weighted by atomic mass is 127. The molecule has 0 spiro atoms. The first-order valence-electron chi connectivity index (χ1n) is 2.92. The van der Waals surface area contributed by atoms with Gasteiger partial charge in [0, 0.05) is 0 Å². The topological polar surface area (TPSA) is 53.1 Å². The van der Waals surface area contributed by atoms with Gasteiger partial charge in [-0.3, -0.25) is 4.79 Å². The monoisotopic (exact) mass is 287 g/mol. The van der Waals surface area contributed by atoms with Gasteiger partial charge in [-0.05, 0) is 28.7 Å². The summed E-state index contributed by atoms with van der Waals surface area (Å²) in [6.07, 6.45) is -2.73. The van der Waals surface area contributed by atoms with Crippen LogP contribution in [0.3, 0.4) is 0 Å². The Balaban J connectivity index is 3.31. The first kappa shape index (κ1) is 9.43. The predicted octanol–water partition coefficient (Wildman–Crippen LogP) is 1.62. The Hall–Kier alpha value is -0.660. The Bertz CT molecular complexity index is 350. The average molecular weight is 287 g/mol. The fourth-order valence-electron chi connectivity index (χ4n) is 0.657. The lowest BCUT2D eigenvalue weighted by molar-refractivity contribution is 0.145. The molecule has 1 heterocycles. The lowest BCUT2D eigenvalue weighted by Gasteiger charge is -2.00. The number of rotatable bonds is 1. The van der Waals surface area contributed by atoms with Gasteiger partial charge in [-0.25, -0.2) is 8.78 Å². The van der Waals surface area contributed by atoms with E-state index in [4.69, 9.17) is 5.11 Å². The van der Waals surface area contributed by atoms with E-state index in [9.17, 15) is 13.6 Å². The summed E-state index contributed by atoms with van der Waals surface area (Å²) >= 11 is 1.61. The van der Waals surface area contributed by atoms with Gasteiger partial charge in [0.25, 0.3) is 12.0 Å². The number of aromatic hydroxyl groups is 1. The number of hydrogen-bond donors (Lipinski definition) is 2. The third-order valence-electron chi connectivity index (χ3n) is 1.22. The van der Waals surface area contributed by atoms with E-state index in [1.807, 2.05) is 4.98 Å². The lowest BCUT2D eigenvalue weighted by Crippen LogP contribution is -2.09. The van der Waals surface area contributed by atoms with Crippen LogP contribution in [-0.4, -0.2) is 10.1 Å². The molecule has 0 amide bonds. The molecule has 0 aromatic carbocycles. The molecule has 12 heavy (non-hydrogen) atoms. The third-order valence-corrected chi connectivity index (χ3v) is 2.04. The fourth-order valence-corrected chi connectivity index (χ4v) is 1.24. The van der Waals surface area contributed by atoms with Crippen LogP contribution < -0.4 is 5.56 Å². The van der Waals surface area contributed by atoms with Crippen molar-refractivity contribution in [3.63, 3.8) is 0 Å². The summed E-state index contributed by atoms with van der Waals surface area (Å²) < 4.78 is 24.1. The van der Waals surface area contributed by atoms with Gasteiger partial charge < -0.3 is 10.1 Å². The number of pyridine rings is 1. The first-order valence-corrected chi connectivity index (χ1v) is 4.00. The van der Waals surface area contributed by atoms with Crippen molar-refractivity contribution in [2.24, 2.45) is 0 Å². The molecule has 66 valence electrons. The van der Waals surface area contributed by atoms with E-state index >= 15 is 0 Å². The van der Waals surface area contributed by atoms with Crippen LogP contribution in [0.15, 0.2) is 10.9 Å². The number of hydrogen-bond acceptors (Lipinski definition) is 2. The second kappa shape index (κ2) is 3.38. The largest absolute Gasteiger partial charge is 0.502 e. The Labute approximate surface area is 79.6 Å². The van der Waals surface area contributed by atoms with Crippen molar-refractivity contribution >= 4 is 22.6 Å². The molecule has 0 fully saturated rings. The van der Waals surface area contributed by atoms with E-state index in [0.717, 1.165) is 6.07 Å². The van der Waals surface area contributed by atoms with E-state index in [-0.39, 0.29) is 3.57 Å². The zero-order valence-electron chi connectivity index (χ0n) is 5.64. The van der Waals surface area contributed by atoms with Gasteiger partial charge in [-0.15, -0.1) is 0 Å². The fraction of sp³-hybridized carbons (Fsp3) is 0.167. The molecule has 0 unspecified atom stereocenters. The lowest BCUT2D eigenvalue weighted by atomic mass is 10.3. The predicted molar refractivity (Wildman–Crippen MR) is 46.4 cm³/mol. The quantitative estimate of drug-likeness (QED) is 0.771. The van der Waals surface area contributed by atoms with Crippen molar-refractivity contribution in [3.8, 4) is 5.75 Å². The summed E-state index contributed by atoms with van der Waals surface area (Å²) in [4.78, 5) is 12.6. The molecule has 2 N–H and O–H groups in total. The van der Waals surface area contributed by atoms with Crippen molar-refractivity contribution in [3.05, 3.63) is 25.7 Å². The summed E-state index contributed by atoms with van der Waals surface area (Å²) in [7, 11) is 0. The average Bonchev–Trinajstić information content (AvgIpc) is 1.99. The number of H-pyrrole nitrogens is 1. The summed E-state index contributed by atoms with van der Waals surface area (Å²) in [5.41, 5.74) is -1.38. The SMILES string of the molecule is O=c1[nH]c(C(F)F)cc(I)c1O. The molecular weight excluding hydrogens is 283 g/mol. The molecule has 0 radical (unpaired) electrons. The van der Waals surface area contributed by atoms with Crippen molar-refractivity contribution in [2.75, 3.05) is 0 Å². The normalized spacial score (nSPS) is 10.7. The molecule has 0 bridgehead atoms. The Kier molecular flexibility index (Phi) is 2.65. The number of aromatic nitrogens is 1. The molecule has 0 saturated heterocycles. The van der Waals surface area contributed by atoms with Crippen LogP contribution in [0.2, 0.25) is 0 Å². The van der Waals surface area contributed by atoms with Crippen LogP contribution >= 0.6 is 22.6 Å². The number of nitrogens with one attached hydrogen (secondary N) is 1. The third kappa shape index (κ3) is 1.74. The van der Waals surface area contributed by atoms with E-state index in [1.165, 1.54) is 0 Å². The van der Waals surface area contributed by atoms with Crippen LogP contribution in [0, 0.1) is 3.57 Å². The van der Waals surface area contributed by atoms with Crippen molar-refractivity contribution in [1.82, 2.24) is 4.98 Å². The second-order valence-corrected chi connectivity index (χ2v) is 3.21. The van der Waals surface area contributed by atoms with E-state index in [0.29, 0.717) is 0 Å². The van der Waals surface area contributed by atoms with Gasteiger partial charge in [0.1, 0.15) is 0 Å². The maximum absolute atomic E-state index is 12.0.